The molecule has 0 bridgehead atoms. The Labute approximate surface area is 82.0 Å². The molecule has 4 nitrogen and oxygen atoms in total. The van der Waals surface area contributed by atoms with Crippen molar-refractivity contribution in [1.29, 1.82) is 0 Å². The molecule has 0 aromatic carbocycles. The Hall–Kier alpha value is 0.0569. The van der Waals surface area contributed by atoms with Gasteiger partial charge in [0, 0.05) is 20.8 Å². The van der Waals surface area contributed by atoms with Crippen LogP contribution in [-0.2, 0) is 13.3 Å². The van der Waals surface area contributed by atoms with E-state index in [2.05, 4.69) is 18.8 Å². The molecule has 0 heterocycles. The largest absolute Gasteiger partial charge is 0.596 e. The minimum atomic E-state index is -2.54. The van der Waals surface area contributed by atoms with Crippen molar-refractivity contribution >= 4 is 8.97 Å². The van der Waals surface area contributed by atoms with Crippen molar-refractivity contribution in [2.45, 2.75) is 26.7 Å². The predicted molar refractivity (Wildman–Crippen MR) is 54.3 cm³/mol. The first-order valence-corrected chi connectivity index (χ1v) is 6.46. The van der Waals surface area contributed by atoms with E-state index >= 15 is 0 Å². The molecule has 1 N–H and O–H groups in total. The molecule has 0 fully saturated rings. The molecule has 0 saturated carbocycles. The fraction of sp³-hybridized carbons (Fsp3) is 1.00. The van der Waals surface area contributed by atoms with Gasteiger partial charge in [0.15, 0.2) is 0 Å². The summed E-state index contributed by atoms with van der Waals surface area (Å²) >= 11 is 0. The maximum absolute atomic E-state index is 5.56. The Morgan fingerprint density at radius 3 is 2.08 bits per heavy atom. The van der Waals surface area contributed by atoms with Crippen LogP contribution in [0.2, 0.25) is 0 Å². The molecule has 0 radical (unpaired) electrons. The van der Waals surface area contributed by atoms with E-state index in [0.29, 0.717) is 6.61 Å². The zero-order chi connectivity index (χ0) is 10.2. The summed E-state index contributed by atoms with van der Waals surface area (Å²) in [5.41, 5.74) is 0. The fourth-order valence-electron chi connectivity index (χ4n) is 0.911. The zero-order valence-corrected chi connectivity index (χ0v) is 10.1. The molecule has 0 aromatic heterocycles. The molecule has 0 aromatic rings. The van der Waals surface area contributed by atoms with Gasteiger partial charge < -0.3 is 13.3 Å². The second-order valence-corrected chi connectivity index (χ2v) is 5.31. The van der Waals surface area contributed by atoms with E-state index in [9.17, 15) is 0 Å². The van der Waals surface area contributed by atoms with Crippen molar-refractivity contribution in [3.8, 4) is 0 Å². The molecular formula is C8H21NO3Si. The maximum Gasteiger partial charge on any atom is 0.596 e. The topological polar surface area (TPSA) is 39.7 Å². The quantitative estimate of drug-likeness (QED) is 0.606. The predicted octanol–water partition coefficient (Wildman–Crippen LogP) is 1.14. The molecule has 13 heavy (non-hydrogen) atoms. The minimum Gasteiger partial charge on any atom is -0.364 e. The first-order chi connectivity index (χ1) is 6.24. The maximum atomic E-state index is 5.56. The summed E-state index contributed by atoms with van der Waals surface area (Å²) in [7, 11) is 0.703. The second kappa shape index (κ2) is 7.46. The number of hydrogen-bond acceptors (Lipinski definition) is 4. The monoisotopic (exact) mass is 207 g/mol. The van der Waals surface area contributed by atoms with E-state index < -0.39 is 8.97 Å². The molecule has 0 spiro atoms. The first-order valence-electron chi connectivity index (χ1n) is 4.74. The van der Waals surface area contributed by atoms with Gasteiger partial charge in [0.2, 0.25) is 0 Å². The van der Waals surface area contributed by atoms with Crippen molar-refractivity contribution < 1.29 is 13.3 Å². The van der Waals surface area contributed by atoms with Gasteiger partial charge in [-0.25, -0.2) is 0 Å². The molecule has 0 aliphatic rings. The summed E-state index contributed by atoms with van der Waals surface area (Å²) in [4.78, 5) is 3.19. The van der Waals surface area contributed by atoms with Crippen molar-refractivity contribution in [2.24, 2.45) is 0 Å². The van der Waals surface area contributed by atoms with Crippen LogP contribution in [0.15, 0.2) is 0 Å². The molecule has 0 amide bonds. The Morgan fingerprint density at radius 1 is 1.08 bits per heavy atom. The van der Waals surface area contributed by atoms with Gasteiger partial charge in [-0.15, -0.1) is 0 Å². The van der Waals surface area contributed by atoms with E-state index in [4.69, 9.17) is 13.3 Å². The third-order valence-corrected chi connectivity index (χ3v) is 3.97. The second-order valence-electron chi connectivity index (χ2n) is 2.74. The highest BCUT2D eigenvalue weighted by molar-refractivity contribution is 6.57. The standard InChI is InChI=1S/C8H21NO3Si/c1-5-7-9-13(10-3,11-4)12-8-6-2/h9H,5-8H2,1-4H3. The van der Waals surface area contributed by atoms with Gasteiger partial charge in [0.1, 0.15) is 0 Å². The fourth-order valence-corrected chi connectivity index (χ4v) is 2.73. The summed E-state index contributed by atoms with van der Waals surface area (Å²) in [6, 6.07) is 0. The van der Waals surface area contributed by atoms with E-state index in [0.717, 1.165) is 19.4 Å². The van der Waals surface area contributed by atoms with Gasteiger partial charge in [-0.2, -0.15) is 0 Å². The Morgan fingerprint density at radius 2 is 1.69 bits per heavy atom. The summed E-state index contributed by atoms with van der Waals surface area (Å²) in [6.45, 7) is 5.68. The summed E-state index contributed by atoms with van der Waals surface area (Å²) < 4.78 is 16.1. The lowest BCUT2D eigenvalue weighted by atomic mass is 10.5. The minimum absolute atomic E-state index is 0.671. The molecule has 5 heteroatoms. The Balaban J connectivity index is 3.97. The molecule has 0 atom stereocenters. The van der Waals surface area contributed by atoms with Gasteiger partial charge >= 0.3 is 8.97 Å². The molecular weight excluding hydrogens is 186 g/mol. The van der Waals surface area contributed by atoms with Crippen LogP contribution in [0, 0.1) is 0 Å². The Kier molecular flexibility index (Phi) is 7.49. The highest BCUT2D eigenvalue weighted by Crippen LogP contribution is 2.03. The van der Waals surface area contributed by atoms with Crippen LogP contribution in [0.3, 0.4) is 0 Å². The van der Waals surface area contributed by atoms with Gasteiger partial charge in [-0.05, 0) is 19.4 Å². The number of rotatable bonds is 8. The van der Waals surface area contributed by atoms with Gasteiger partial charge in [-0.1, -0.05) is 13.8 Å². The Bertz CT molecular complexity index is 110. The smallest absolute Gasteiger partial charge is 0.364 e. The molecule has 0 saturated heterocycles. The van der Waals surface area contributed by atoms with Crippen molar-refractivity contribution in [1.82, 2.24) is 4.98 Å². The van der Waals surface area contributed by atoms with Gasteiger partial charge in [-0.3, -0.25) is 4.98 Å². The zero-order valence-electron chi connectivity index (χ0n) is 9.05. The van der Waals surface area contributed by atoms with Crippen LogP contribution in [0.25, 0.3) is 0 Å². The normalized spacial score (nSPS) is 12.0. The van der Waals surface area contributed by atoms with E-state index in [1.807, 2.05) is 0 Å². The van der Waals surface area contributed by atoms with Crippen molar-refractivity contribution in [3.05, 3.63) is 0 Å². The number of hydrogen-bond donors (Lipinski definition) is 1. The van der Waals surface area contributed by atoms with Crippen LogP contribution in [-0.4, -0.2) is 36.3 Å². The molecule has 0 aliphatic carbocycles. The lowest BCUT2D eigenvalue weighted by Gasteiger charge is -2.26. The highest BCUT2D eigenvalue weighted by atomic mass is 28.4. The van der Waals surface area contributed by atoms with Crippen LogP contribution in [0.5, 0.6) is 0 Å². The average molecular weight is 207 g/mol. The SMILES string of the molecule is CCCN[Si](OC)(OC)OCCC. The summed E-state index contributed by atoms with van der Waals surface area (Å²) in [5.74, 6) is 0. The van der Waals surface area contributed by atoms with Crippen molar-refractivity contribution in [2.75, 3.05) is 27.4 Å². The summed E-state index contributed by atoms with van der Waals surface area (Å²) in [6.07, 6.45) is 2.01. The van der Waals surface area contributed by atoms with Gasteiger partial charge in [0.05, 0.1) is 0 Å². The lowest BCUT2D eigenvalue weighted by Crippen LogP contribution is -2.58. The van der Waals surface area contributed by atoms with E-state index in [1.54, 1.807) is 14.2 Å². The van der Waals surface area contributed by atoms with Crippen molar-refractivity contribution in [3.63, 3.8) is 0 Å². The average Bonchev–Trinajstić information content (AvgIpc) is 2.20. The number of nitrogens with one attached hydrogen (secondary N) is 1. The van der Waals surface area contributed by atoms with E-state index in [1.165, 1.54) is 0 Å². The molecule has 0 rings (SSSR count). The summed E-state index contributed by atoms with van der Waals surface area (Å²) in [5, 5.41) is 0. The lowest BCUT2D eigenvalue weighted by molar-refractivity contribution is 0.0863. The molecule has 80 valence electrons. The van der Waals surface area contributed by atoms with Crippen LogP contribution in [0.4, 0.5) is 0 Å². The van der Waals surface area contributed by atoms with Crippen LogP contribution < -0.4 is 4.98 Å². The third kappa shape index (κ3) is 4.73. The third-order valence-electron chi connectivity index (χ3n) is 1.63. The van der Waals surface area contributed by atoms with Crippen LogP contribution in [0.1, 0.15) is 26.7 Å². The van der Waals surface area contributed by atoms with Gasteiger partial charge in [0.25, 0.3) is 0 Å². The molecule has 0 aliphatic heterocycles. The first kappa shape index (κ1) is 13.1. The van der Waals surface area contributed by atoms with Crippen LogP contribution >= 0.6 is 0 Å². The molecule has 0 unspecified atom stereocenters. The van der Waals surface area contributed by atoms with E-state index in [-0.39, 0.29) is 0 Å². The highest BCUT2D eigenvalue weighted by Gasteiger charge is 2.39.